The summed E-state index contributed by atoms with van der Waals surface area (Å²) in [5, 5.41) is 9.10. The highest BCUT2D eigenvalue weighted by molar-refractivity contribution is 15.0. The van der Waals surface area contributed by atoms with Gasteiger partial charge in [-0.3, -0.25) is 0 Å². The summed E-state index contributed by atoms with van der Waals surface area (Å²) < 4.78 is 0. The van der Waals surface area contributed by atoms with E-state index in [4.69, 9.17) is 5.11 Å². The third kappa shape index (κ3) is 9.93. The lowest BCUT2D eigenvalue weighted by Gasteiger charge is -1.98. The average Bonchev–Trinajstić information content (AvgIpc) is 2.42. The van der Waals surface area contributed by atoms with Crippen molar-refractivity contribution >= 4 is 61.2 Å². The molecule has 0 unspecified atom stereocenters. The van der Waals surface area contributed by atoms with E-state index in [0.29, 0.717) is 5.75 Å². The van der Waals surface area contributed by atoms with Crippen LogP contribution in [0.3, 0.4) is 0 Å². The van der Waals surface area contributed by atoms with Crippen LogP contribution in [-0.4, -0.2) is 5.11 Å². The third-order valence-corrected chi connectivity index (χ3v) is 3.03. The lowest BCUT2D eigenvalue weighted by Crippen LogP contribution is -1.79. The van der Waals surface area contributed by atoms with Gasteiger partial charge in [0.2, 0.25) is 0 Å². The van der Waals surface area contributed by atoms with Crippen LogP contribution in [0.5, 0.6) is 5.75 Å². The average molecular weight is 624 g/mol. The second kappa shape index (κ2) is 12.9. The minimum atomic E-state index is 0. The number of hydrogen-bond acceptors (Lipinski definition) is 1. The molecule has 0 aliphatic heterocycles. The Bertz CT molecular complexity index is 490. The van der Waals surface area contributed by atoms with Gasteiger partial charge in [0.1, 0.15) is 5.75 Å². The van der Waals surface area contributed by atoms with Crippen molar-refractivity contribution in [2.75, 3.05) is 0 Å². The monoisotopic (exact) mass is 624 g/mol. The minimum Gasteiger partial charge on any atom is -0.508 e. The van der Waals surface area contributed by atoms with Gasteiger partial charge >= 0.3 is 0 Å². The fraction of sp³-hybridized carbons (Fsp3) is 0.294. The topological polar surface area (TPSA) is 20.2 Å². The first-order valence-corrected chi connectivity index (χ1v) is 12.6. The van der Waals surface area contributed by atoms with E-state index in [-0.39, 0.29) is 24.0 Å². The summed E-state index contributed by atoms with van der Waals surface area (Å²) in [5.41, 5.74) is 6.13. The molecule has 0 aliphatic rings. The Morgan fingerprint density at radius 3 is 1.43 bits per heavy atom. The van der Waals surface area contributed by atoms with Crippen LogP contribution in [-0.2, 0) is 0 Å². The van der Waals surface area contributed by atoms with Gasteiger partial charge < -0.3 is 5.11 Å². The van der Waals surface area contributed by atoms with E-state index in [2.05, 4.69) is 76.2 Å². The van der Waals surface area contributed by atoms with E-state index in [1.165, 1.54) is 16.7 Å². The predicted molar refractivity (Wildman–Crippen MR) is 122 cm³/mol. The number of hydrogen-bond donors (Lipinski definition) is 1. The summed E-state index contributed by atoms with van der Waals surface area (Å²) in [5.74, 6) is 0.384. The highest BCUT2D eigenvalue weighted by atomic mass is 128. The number of aromatic hydroxyl groups is 1. The lowest BCUT2D eigenvalue weighted by atomic mass is 10.1. The number of phenolic OH excluding ortho intramolecular Hbond substituents is 1. The molecule has 0 radical (unpaired) electrons. The zero-order chi connectivity index (χ0) is 15.7. The number of rotatable bonds is 0. The van der Waals surface area contributed by atoms with E-state index in [0.717, 1.165) is 11.1 Å². The van der Waals surface area contributed by atoms with Crippen molar-refractivity contribution in [3.05, 3.63) is 64.2 Å². The molecule has 0 heterocycles. The molecule has 0 amide bonds. The number of phenols is 1. The maximum Gasteiger partial charge on any atom is 0.118 e. The van der Waals surface area contributed by atoms with Crippen LogP contribution >= 0.6 is 61.2 Å². The normalized spacial score (nSPS) is 8.52. The Balaban J connectivity index is 0. The molecule has 1 N–H and O–H groups in total. The van der Waals surface area contributed by atoms with Gasteiger partial charge in [-0.15, -0.1) is 24.0 Å². The van der Waals surface area contributed by atoms with Crippen molar-refractivity contribution in [2.45, 2.75) is 34.6 Å². The molecule has 0 aromatic heterocycles. The largest absolute Gasteiger partial charge is 0.508 e. The van der Waals surface area contributed by atoms with Crippen molar-refractivity contribution in [2.24, 2.45) is 0 Å². The summed E-state index contributed by atoms with van der Waals surface area (Å²) in [6.45, 7) is 10.2. The van der Waals surface area contributed by atoms with Crippen LogP contribution < -0.4 is 0 Å². The molecule has 0 aliphatic carbocycles. The number of aryl methyl sites for hydroxylation is 5. The first-order chi connectivity index (χ1) is 9.40. The van der Waals surface area contributed by atoms with Crippen LogP contribution in [0.1, 0.15) is 27.8 Å². The summed E-state index contributed by atoms with van der Waals surface area (Å²) in [6, 6.07) is 12.2. The maximum atomic E-state index is 9.10. The molecule has 0 saturated carbocycles. The molecular weight excluding hydrogens is 601 g/mol. The van der Waals surface area contributed by atoms with Crippen LogP contribution in [0.15, 0.2) is 36.4 Å². The van der Waals surface area contributed by atoms with Gasteiger partial charge in [0.25, 0.3) is 0 Å². The van der Waals surface area contributed by atoms with Gasteiger partial charge in [-0.05, 0) is 62.9 Å². The van der Waals surface area contributed by atoms with E-state index in [9.17, 15) is 0 Å². The zero-order valence-corrected chi connectivity index (χ0v) is 19.7. The second-order valence-electron chi connectivity index (χ2n) is 4.88. The van der Waals surface area contributed by atoms with Gasteiger partial charge in [-0.25, -0.2) is 0 Å². The maximum absolute atomic E-state index is 9.10. The summed E-state index contributed by atoms with van der Waals surface area (Å²) in [4.78, 5) is 0. The molecule has 2 aromatic carbocycles. The molecule has 0 fully saturated rings. The van der Waals surface area contributed by atoms with Gasteiger partial charge in [-0.1, -0.05) is 35.9 Å². The summed E-state index contributed by atoms with van der Waals surface area (Å²) in [7, 11) is 0. The Labute approximate surface area is 169 Å². The number of halogens is 3. The first-order valence-electron chi connectivity index (χ1n) is 6.34. The fourth-order valence-corrected chi connectivity index (χ4v) is 1.61. The van der Waals surface area contributed by atoms with Gasteiger partial charge in [-0.2, -0.15) is 0 Å². The summed E-state index contributed by atoms with van der Waals surface area (Å²) in [6.07, 6.45) is 0. The Morgan fingerprint density at radius 1 is 0.667 bits per heavy atom. The molecule has 1 nitrogen and oxygen atoms in total. The first kappa shape index (κ1) is 23.7. The van der Waals surface area contributed by atoms with Crippen LogP contribution in [0.2, 0.25) is 0 Å². The Hall–Kier alpha value is 0.430. The molecule has 118 valence electrons. The van der Waals surface area contributed by atoms with E-state index < -0.39 is 0 Å². The van der Waals surface area contributed by atoms with Crippen LogP contribution in [0.4, 0.5) is 0 Å². The number of benzene rings is 2. The Morgan fingerprint density at radius 2 is 1.10 bits per heavy atom. The predicted octanol–water partition coefficient (Wildman–Crippen LogP) is 7.01. The smallest absolute Gasteiger partial charge is 0.118 e. The molecule has 2 aromatic rings. The molecule has 0 saturated heterocycles. The van der Waals surface area contributed by atoms with Gasteiger partial charge in [0.15, 0.2) is 0 Å². The second-order valence-corrected chi connectivity index (χ2v) is 4.88. The lowest BCUT2D eigenvalue weighted by molar-refractivity contribution is 0.470. The highest BCUT2D eigenvalue weighted by Gasteiger charge is 1.92. The highest BCUT2D eigenvalue weighted by Crippen LogP contribution is 2.15. The van der Waals surface area contributed by atoms with Crippen molar-refractivity contribution < 1.29 is 5.11 Å². The molecule has 4 heteroatoms. The summed E-state index contributed by atoms with van der Waals surface area (Å²) >= 11 is 4.24. The fourth-order valence-electron chi connectivity index (χ4n) is 1.61. The Kier molecular flexibility index (Phi) is 14.6. The molecule has 2 rings (SSSR count). The molecule has 0 bridgehead atoms. The molecule has 0 spiro atoms. The van der Waals surface area contributed by atoms with E-state index in [1.807, 2.05) is 26.0 Å². The minimum absolute atomic E-state index is 0. The quantitative estimate of drug-likeness (QED) is 0.313. The van der Waals surface area contributed by atoms with E-state index >= 15 is 0 Å². The van der Waals surface area contributed by atoms with Crippen LogP contribution in [0, 0.1) is 34.6 Å². The molecule has 0 atom stereocenters. The van der Waals surface area contributed by atoms with Crippen molar-refractivity contribution in [3.63, 3.8) is 0 Å². The SMILES string of the molecule is Cc1ccc(C)c(C)c1.Cc1ccc(C)c(O)c1.I.II. The van der Waals surface area contributed by atoms with E-state index in [1.54, 1.807) is 6.07 Å². The van der Waals surface area contributed by atoms with Gasteiger partial charge in [0, 0.05) is 37.2 Å². The van der Waals surface area contributed by atoms with Crippen molar-refractivity contribution in [3.8, 4) is 5.75 Å². The van der Waals surface area contributed by atoms with Crippen molar-refractivity contribution in [1.82, 2.24) is 0 Å². The molecule has 21 heavy (non-hydrogen) atoms. The van der Waals surface area contributed by atoms with Gasteiger partial charge in [0.05, 0.1) is 0 Å². The molecular formula is C17H23I3O. The van der Waals surface area contributed by atoms with Crippen molar-refractivity contribution in [1.29, 1.82) is 0 Å². The zero-order valence-electron chi connectivity index (χ0n) is 13.1. The third-order valence-electron chi connectivity index (χ3n) is 3.03. The van der Waals surface area contributed by atoms with Crippen LogP contribution in [0.25, 0.3) is 0 Å². The standard InChI is InChI=1S/C9H12.C8H10O.I2.HI/c1-7-4-5-8(2)9(3)6-7;1-6-3-4-7(2)8(9)5-6;1-2;/h4-6H,1-3H3;3-5,9H,1-2H3;;1H.